The number of rotatable bonds is 3. The molecule has 3 rings (SSSR count). The van der Waals surface area contributed by atoms with Crippen LogP contribution in [-0.4, -0.2) is 33.2 Å². The van der Waals surface area contributed by atoms with Gasteiger partial charge in [0, 0.05) is 5.69 Å². The molecule has 0 spiro atoms. The van der Waals surface area contributed by atoms with E-state index in [9.17, 15) is 17.6 Å². The van der Waals surface area contributed by atoms with Crippen LogP contribution in [0.5, 0.6) is 5.75 Å². The molecule has 0 unspecified atom stereocenters. The highest BCUT2D eigenvalue weighted by Gasteiger charge is 2.35. The quantitative estimate of drug-likeness (QED) is 0.907. The maximum absolute atomic E-state index is 12.9. The molecule has 1 aliphatic rings. The van der Waals surface area contributed by atoms with Crippen molar-refractivity contribution in [3.63, 3.8) is 0 Å². The number of aryl methyl sites for hydroxylation is 1. The van der Waals surface area contributed by atoms with Crippen LogP contribution in [0.25, 0.3) is 0 Å². The van der Waals surface area contributed by atoms with Gasteiger partial charge in [-0.1, -0.05) is 6.07 Å². The first-order chi connectivity index (χ1) is 11.7. The molecule has 0 fully saturated rings. The number of ether oxygens (including phenoxy) is 1. The number of anilines is 2. The lowest BCUT2D eigenvalue weighted by atomic mass is 10.1. The van der Waals surface area contributed by atoms with E-state index in [2.05, 4.69) is 5.32 Å². The molecular weight excluding hydrogens is 347 g/mol. The lowest BCUT2D eigenvalue weighted by Crippen LogP contribution is -2.48. The van der Waals surface area contributed by atoms with Crippen LogP contribution >= 0.6 is 0 Å². The minimum atomic E-state index is -3.58. The van der Waals surface area contributed by atoms with Gasteiger partial charge in [-0.05, 0) is 48.9 Å². The predicted octanol–water partition coefficient (Wildman–Crippen LogP) is 2.30. The molecule has 8 heteroatoms. The van der Waals surface area contributed by atoms with Crippen molar-refractivity contribution in [3.8, 4) is 5.75 Å². The Hall–Kier alpha value is -2.61. The lowest BCUT2D eigenvalue weighted by Gasteiger charge is -2.34. The Labute approximate surface area is 145 Å². The summed E-state index contributed by atoms with van der Waals surface area (Å²) in [4.78, 5) is 12.5. The van der Waals surface area contributed by atoms with Gasteiger partial charge >= 0.3 is 0 Å². The number of benzene rings is 2. The summed E-state index contributed by atoms with van der Waals surface area (Å²) in [7, 11) is -3.58. The van der Waals surface area contributed by atoms with Crippen molar-refractivity contribution < 1.29 is 22.3 Å². The maximum atomic E-state index is 12.9. The molecule has 1 atom stereocenters. The van der Waals surface area contributed by atoms with E-state index in [0.29, 0.717) is 17.1 Å². The second kappa shape index (κ2) is 6.36. The van der Waals surface area contributed by atoms with E-state index in [-0.39, 0.29) is 6.54 Å². The number of carbonyl (C=O) groups excluding carboxylic acids is 1. The first-order valence-electron chi connectivity index (χ1n) is 7.55. The van der Waals surface area contributed by atoms with Crippen LogP contribution < -0.4 is 14.4 Å². The number of hydrogen-bond donors (Lipinski definition) is 1. The van der Waals surface area contributed by atoms with Gasteiger partial charge in [-0.2, -0.15) is 0 Å². The second-order valence-corrected chi connectivity index (χ2v) is 7.77. The minimum Gasteiger partial charge on any atom is -0.476 e. The maximum Gasteiger partial charge on any atom is 0.267 e. The van der Waals surface area contributed by atoms with Gasteiger partial charge in [0.05, 0.1) is 18.5 Å². The van der Waals surface area contributed by atoms with Gasteiger partial charge in [-0.25, -0.2) is 12.8 Å². The van der Waals surface area contributed by atoms with E-state index in [1.807, 2.05) is 6.92 Å². The number of halogens is 1. The van der Waals surface area contributed by atoms with E-state index in [1.54, 1.807) is 18.2 Å². The van der Waals surface area contributed by atoms with Gasteiger partial charge in [-0.3, -0.25) is 9.10 Å². The molecule has 0 saturated heterocycles. The molecule has 1 amide bonds. The molecule has 6 nitrogen and oxygen atoms in total. The van der Waals surface area contributed by atoms with Crippen LogP contribution in [0.4, 0.5) is 15.8 Å². The van der Waals surface area contributed by atoms with Gasteiger partial charge in [0.2, 0.25) is 10.0 Å². The number of nitrogens with one attached hydrogen (secondary N) is 1. The van der Waals surface area contributed by atoms with E-state index in [4.69, 9.17) is 4.74 Å². The molecule has 0 radical (unpaired) electrons. The third-order valence-electron chi connectivity index (χ3n) is 3.79. The second-order valence-electron chi connectivity index (χ2n) is 5.87. The summed E-state index contributed by atoms with van der Waals surface area (Å²) in [6, 6.07) is 10.4. The highest BCUT2D eigenvalue weighted by molar-refractivity contribution is 7.92. The van der Waals surface area contributed by atoms with Crippen LogP contribution in [0.2, 0.25) is 0 Å². The van der Waals surface area contributed by atoms with Crippen molar-refractivity contribution in [3.05, 3.63) is 53.8 Å². The summed E-state index contributed by atoms with van der Waals surface area (Å²) >= 11 is 0. The van der Waals surface area contributed by atoms with E-state index in [0.717, 1.165) is 16.1 Å². The third kappa shape index (κ3) is 3.74. The molecule has 1 heterocycles. The Kier molecular flexibility index (Phi) is 4.38. The van der Waals surface area contributed by atoms with Crippen LogP contribution in [0.3, 0.4) is 0 Å². The first-order valence-corrected chi connectivity index (χ1v) is 9.40. The average Bonchev–Trinajstić information content (AvgIpc) is 2.55. The highest BCUT2D eigenvalue weighted by Crippen LogP contribution is 2.35. The zero-order chi connectivity index (χ0) is 18.2. The molecule has 1 aliphatic heterocycles. The van der Waals surface area contributed by atoms with Crippen molar-refractivity contribution in [2.24, 2.45) is 0 Å². The number of sulfonamides is 1. The standard InChI is InChI=1S/C17H17FN2O4S/c1-11-3-8-15-14(9-11)20(25(2,22)23)10-16(24-15)17(21)19-13-6-4-12(18)5-7-13/h3-9,16H,10H2,1-2H3,(H,19,21)/t16-/m1/s1. The van der Waals surface area contributed by atoms with Crippen molar-refractivity contribution in [1.29, 1.82) is 0 Å². The number of nitrogens with zero attached hydrogens (tertiary/aromatic N) is 1. The number of hydrogen-bond acceptors (Lipinski definition) is 4. The smallest absolute Gasteiger partial charge is 0.267 e. The zero-order valence-electron chi connectivity index (χ0n) is 13.7. The highest BCUT2D eigenvalue weighted by atomic mass is 32.2. The Morgan fingerprint density at radius 3 is 2.56 bits per heavy atom. The normalized spacial score (nSPS) is 16.8. The molecule has 0 aromatic heterocycles. The van der Waals surface area contributed by atoms with E-state index < -0.39 is 27.9 Å². The van der Waals surface area contributed by atoms with Crippen LogP contribution in [-0.2, 0) is 14.8 Å². The largest absolute Gasteiger partial charge is 0.476 e. The minimum absolute atomic E-state index is 0.137. The fraction of sp³-hybridized carbons (Fsp3) is 0.235. The predicted molar refractivity (Wildman–Crippen MR) is 92.8 cm³/mol. The summed E-state index contributed by atoms with van der Waals surface area (Å²) < 4.78 is 44.0. The fourth-order valence-electron chi connectivity index (χ4n) is 2.57. The van der Waals surface area contributed by atoms with E-state index >= 15 is 0 Å². The summed E-state index contributed by atoms with van der Waals surface area (Å²) in [5.41, 5.74) is 1.69. The molecule has 2 aromatic carbocycles. The molecular formula is C17H17FN2O4S. The van der Waals surface area contributed by atoms with Gasteiger partial charge < -0.3 is 10.1 Å². The van der Waals surface area contributed by atoms with Crippen molar-refractivity contribution in [1.82, 2.24) is 0 Å². The van der Waals surface area contributed by atoms with Crippen molar-refractivity contribution >= 4 is 27.3 Å². The van der Waals surface area contributed by atoms with Crippen LogP contribution in [0.15, 0.2) is 42.5 Å². The van der Waals surface area contributed by atoms with Gasteiger partial charge in [0.15, 0.2) is 6.10 Å². The number of fused-ring (bicyclic) bond motifs is 1. The Morgan fingerprint density at radius 1 is 1.24 bits per heavy atom. The summed E-state index contributed by atoms with van der Waals surface area (Å²) in [5.74, 6) is -0.604. The Bertz CT molecular complexity index is 913. The average molecular weight is 364 g/mol. The number of amides is 1. The van der Waals surface area contributed by atoms with Crippen molar-refractivity contribution in [2.75, 3.05) is 22.4 Å². The van der Waals surface area contributed by atoms with Crippen LogP contribution in [0, 0.1) is 12.7 Å². The summed E-state index contributed by atoms with van der Waals surface area (Å²) in [6.07, 6.45) is 0.0642. The van der Waals surface area contributed by atoms with Gasteiger partial charge in [-0.15, -0.1) is 0 Å². The fourth-order valence-corrected chi connectivity index (χ4v) is 3.47. The first kappa shape index (κ1) is 17.2. The van der Waals surface area contributed by atoms with Gasteiger partial charge in [0.25, 0.3) is 5.91 Å². The summed E-state index contributed by atoms with van der Waals surface area (Å²) in [6.45, 7) is 1.70. The summed E-state index contributed by atoms with van der Waals surface area (Å²) in [5, 5.41) is 2.60. The molecule has 1 N–H and O–H groups in total. The third-order valence-corrected chi connectivity index (χ3v) is 4.93. The molecule has 0 bridgehead atoms. The number of carbonyl (C=O) groups is 1. The van der Waals surface area contributed by atoms with Crippen LogP contribution in [0.1, 0.15) is 5.56 Å². The molecule has 2 aromatic rings. The Balaban J connectivity index is 1.87. The Morgan fingerprint density at radius 2 is 1.92 bits per heavy atom. The zero-order valence-corrected chi connectivity index (χ0v) is 14.5. The molecule has 0 aliphatic carbocycles. The molecule has 25 heavy (non-hydrogen) atoms. The monoisotopic (exact) mass is 364 g/mol. The SMILES string of the molecule is Cc1ccc2c(c1)N(S(C)(=O)=O)C[C@H](C(=O)Nc1ccc(F)cc1)O2. The van der Waals surface area contributed by atoms with E-state index in [1.165, 1.54) is 24.3 Å². The van der Waals surface area contributed by atoms with Crippen molar-refractivity contribution in [2.45, 2.75) is 13.0 Å². The van der Waals surface area contributed by atoms with Gasteiger partial charge in [0.1, 0.15) is 11.6 Å². The molecule has 0 saturated carbocycles. The topological polar surface area (TPSA) is 75.7 Å². The molecule has 132 valence electrons. The lowest BCUT2D eigenvalue weighted by molar-refractivity contribution is -0.122.